The van der Waals surface area contributed by atoms with Gasteiger partial charge >= 0.3 is 5.69 Å². The van der Waals surface area contributed by atoms with E-state index < -0.39 is 16.4 Å². The van der Waals surface area contributed by atoms with Crippen LogP contribution in [0.3, 0.4) is 0 Å². The fraction of sp³-hybridized carbons (Fsp3) is 0. The summed E-state index contributed by atoms with van der Waals surface area (Å²) in [5.74, 6) is -0.783. The van der Waals surface area contributed by atoms with Crippen LogP contribution >= 0.6 is 15.9 Å². The number of halogens is 2. The highest BCUT2D eigenvalue weighted by molar-refractivity contribution is 9.10. The minimum atomic E-state index is -0.685. The second kappa shape index (κ2) is 4.65. The third-order valence-corrected chi connectivity index (χ3v) is 2.66. The number of nitrogens with zero attached hydrogens (tertiary/aromatic N) is 3. The molecule has 0 amide bonds. The van der Waals surface area contributed by atoms with Crippen molar-refractivity contribution in [3.05, 3.63) is 44.8 Å². The molecule has 1 aromatic carbocycles. The molecule has 0 spiro atoms. The highest BCUT2D eigenvalue weighted by atomic mass is 79.9. The molecule has 2 rings (SSSR count). The molecule has 0 saturated heterocycles. The zero-order valence-electron chi connectivity index (χ0n) is 8.80. The number of hydrogen-bond donors (Lipinski definition) is 1. The van der Waals surface area contributed by atoms with Crippen molar-refractivity contribution < 1.29 is 9.31 Å². The lowest BCUT2D eigenvalue weighted by atomic mass is 10.1. The molecular formula is C10H6BrFN4O2. The molecule has 0 aliphatic rings. The normalized spacial score (nSPS) is 10.3. The Morgan fingerprint density at radius 1 is 1.44 bits per heavy atom. The fourth-order valence-corrected chi connectivity index (χ4v) is 1.76. The highest BCUT2D eigenvalue weighted by Gasteiger charge is 2.21. The van der Waals surface area contributed by atoms with E-state index in [2.05, 4.69) is 25.9 Å². The van der Waals surface area contributed by atoms with Gasteiger partial charge in [0.2, 0.25) is 5.95 Å². The Morgan fingerprint density at radius 3 is 2.83 bits per heavy atom. The van der Waals surface area contributed by atoms with E-state index >= 15 is 0 Å². The van der Waals surface area contributed by atoms with Crippen molar-refractivity contribution in [1.29, 1.82) is 0 Å². The largest absolute Gasteiger partial charge is 0.368 e. The Morgan fingerprint density at radius 2 is 2.17 bits per heavy atom. The minimum absolute atomic E-state index is 0.00910. The number of nitro groups is 1. The summed E-state index contributed by atoms with van der Waals surface area (Å²) in [5, 5.41) is 10.9. The van der Waals surface area contributed by atoms with Crippen molar-refractivity contribution in [2.75, 3.05) is 5.73 Å². The summed E-state index contributed by atoms with van der Waals surface area (Å²) in [6.45, 7) is 0. The molecule has 92 valence electrons. The number of aromatic nitrogens is 2. The maximum absolute atomic E-state index is 13.7. The molecule has 2 aromatic rings. The molecule has 1 aromatic heterocycles. The summed E-state index contributed by atoms with van der Waals surface area (Å²) in [6, 6.07) is 4.06. The Labute approximate surface area is 109 Å². The van der Waals surface area contributed by atoms with Crippen molar-refractivity contribution in [2.45, 2.75) is 0 Å². The lowest BCUT2D eigenvalue weighted by molar-refractivity contribution is -0.384. The van der Waals surface area contributed by atoms with Crippen LogP contribution < -0.4 is 5.73 Å². The quantitative estimate of drug-likeness (QED) is 0.679. The van der Waals surface area contributed by atoms with Gasteiger partial charge in [0.1, 0.15) is 12.0 Å². The van der Waals surface area contributed by atoms with Crippen LogP contribution in [0.1, 0.15) is 0 Å². The summed E-state index contributed by atoms with van der Waals surface area (Å²) in [4.78, 5) is 17.4. The smallest absolute Gasteiger partial charge is 0.313 e. The van der Waals surface area contributed by atoms with Crippen molar-refractivity contribution in [3.8, 4) is 11.3 Å². The fourth-order valence-electron chi connectivity index (χ4n) is 1.40. The van der Waals surface area contributed by atoms with E-state index in [1.54, 1.807) is 0 Å². The first-order valence-corrected chi connectivity index (χ1v) is 5.50. The third-order valence-electron chi connectivity index (χ3n) is 2.17. The molecule has 1 heterocycles. The van der Waals surface area contributed by atoms with Crippen molar-refractivity contribution in [1.82, 2.24) is 9.97 Å². The van der Waals surface area contributed by atoms with E-state index in [9.17, 15) is 14.5 Å². The van der Waals surface area contributed by atoms with Gasteiger partial charge in [0, 0.05) is 10.0 Å². The number of hydrogen-bond acceptors (Lipinski definition) is 5. The van der Waals surface area contributed by atoms with Crippen LogP contribution in [-0.2, 0) is 0 Å². The number of rotatable bonds is 2. The Bertz CT molecular complexity index is 635. The molecule has 0 fully saturated rings. The van der Waals surface area contributed by atoms with E-state index in [0.29, 0.717) is 4.47 Å². The maximum atomic E-state index is 13.7. The second-order valence-electron chi connectivity index (χ2n) is 3.34. The Balaban J connectivity index is 2.73. The molecule has 0 aliphatic heterocycles. The molecule has 0 unspecified atom stereocenters. The molecular weight excluding hydrogens is 307 g/mol. The van der Waals surface area contributed by atoms with Crippen molar-refractivity contribution in [3.63, 3.8) is 0 Å². The van der Waals surface area contributed by atoms with E-state index in [-0.39, 0.29) is 17.2 Å². The molecule has 0 radical (unpaired) electrons. The summed E-state index contributed by atoms with van der Waals surface area (Å²) in [6.07, 6.45) is 0.956. The summed E-state index contributed by atoms with van der Waals surface area (Å²) < 4.78 is 14.3. The zero-order chi connectivity index (χ0) is 13.3. The van der Waals surface area contributed by atoms with E-state index in [1.807, 2.05) is 0 Å². The van der Waals surface area contributed by atoms with Gasteiger partial charge in [-0.3, -0.25) is 10.1 Å². The average molecular weight is 313 g/mol. The Hall–Kier alpha value is -2.09. The van der Waals surface area contributed by atoms with Crippen LogP contribution in [0.5, 0.6) is 0 Å². The number of benzene rings is 1. The molecule has 0 aliphatic carbocycles. The molecule has 8 heteroatoms. The van der Waals surface area contributed by atoms with Crippen LogP contribution in [0.2, 0.25) is 0 Å². The SMILES string of the molecule is Nc1ncc([N+](=O)[O-])c(-c2cc(Br)ccc2F)n1. The van der Waals surface area contributed by atoms with Gasteiger partial charge in [-0.05, 0) is 18.2 Å². The molecule has 0 atom stereocenters. The highest BCUT2D eigenvalue weighted by Crippen LogP contribution is 2.31. The van der Waals surface area contributed by atoms with Gasteiger partial charge in [-0.25, -0.2) is 14.4 Å². The van der Waals surface area contributed by atoms with E-state index in [0.717, 1.165) is 6.20 Å². The van der Waals surface area contributed by atoms with Crippen LogP contribution in [0.4, 0.5) is 16.0 Å². The molecule has 0 bridgehead atoms. The number of nitrogens with two attached hydrogens (primary N) is 1. The van der Waals surface area contributed by atoms with Crippen LogP contribution in [0.15, 0.2) is 28.9 Å². The third kappa shape index (κ3) is 2.28. The first-order chi connectivity index (χ1) is 8.49. The van der Waals surface area contributed by atoms with Gasteiger partial charge in [-0.2, -0.15) is 0 Å². The summed E-state index contributed by atoms with van der Waals surface area (Å²) in [7, 11) is 0. The van der Waals surface area contributed by atoms with Gasteiger partial charge in [0.25, 0.3) is 0 Å². The number of nitrogen functional groups attached to an aromatic ring is 1. The van der Waals surface area contributed by atoms with Crippen LogP contribution in [-0.4, -0.2) is 14.9 Å². The number of anilines is 1. The molecule has 0 saturated carbocycles. The minimum Gasteiger partial charge on any atom is -0.368 e. The first-order valence-electron chi connectivity index (χ1n) is 4.71. The van der Waals surface area contributed by atoms with Gasteiger partial charge < -0.3 is 5.73 Å². The van der Waals surface area contributed by atoms with Gasteiger partial charge in [0.15, 0.2) is 5.69 Å². The maximum Gasteiger partial charge on any atom is 0.313 e. The second-order valence-corrected chi connectivity index (χ2v) is 4.26. The lowest BCUT2D eigenvalue weighted by Gasteiger charge is -2.04. The Kier molecular flexibility index (Phi) is 3.19. The van der Waals surface area contributed by atoms with Gasteiger partial charge in [-0.1, -0.05) is 15.9 Å². The monoisotopic (exact) mass is 312 g/mol. The van der Waals surface area contributed by atoms with Crippen molar-refractivity contribution in [2.24, 2.45) is 0 Å². The predicted molar refractivity (Wildman–Crippen MR) is 66.2 cm³/mol. The molecule has 2 N–H and O–H groups in total. The van der Waals surface area contributed by atoms with E-state index in [4.69, 9.17) is 5.73 Å². The van der Waals surface area contributed by atoms with Crippen LogP contribution in [0, 0.1) is 15.9 Å². The summed E-state index contributed by atoms with van der Waals surface area (Å²) >= 11 is 3.16. The molecule has 6 nitrogen and oxygen atoms in total. The zero-order valence-corrected chi connectivity index (χ0v) is 10.4. The van der Waals surface area contributed by atoms with Crippen LogP contribution in [0.25, 0.3) is 11.3 Å². The first kappa shape index (κ1) is 12.4. The average Bonchev–Trinajstić information content (AvgIpc) is 2.31. The molecule has 18 heavy (non-hydrogen) atoms. The van der Waals surface area contributed by atoms with Gasteiger partial charge in [-0.15, -0.1) is 0 Å². The topological polar surface area (TPSA) is 94.9 Å². The lowest BCUT2D eigenvalue weighted by Crippen LogP contribution is -2.02. The summed E-state index contributed by atoms with van der Waals surface area (Å²) in [5.41, 5.74) is 4.82. The van der Waals surface area contributed by atoms with Gasteiger partial charge in [0.05, 0.1) is 4.92 Å². The van der Waals surface area contributed by atoms with E-state index in [1.165, 1.54) is 18.2 Å². The standard InChI is InChI=1S/C10H6BrFN4O2/c11-5-1-2-7(12)6(3-5)9-8(16(17)18)4-14-10(13)15-9/h1-4H,(H2,13,14,15). The van der Waals surface area contributed by atoms with Crippen molar-refractivity contribution >= 4 is 27.6 Å². The predicted octanol–water partition coefficient (Wildman–Crippen LogP) is 2.54.